The number of ketones is 2. The average Bonchev–Trinajstić information content (AvgIpc) is 1.79. The van der Waals surface area contributed by atoms with Gasteiger partial charge in [0.1, 0.15) is 36.6 Å². The van der Waals surface area contributed by atoms with E-state index in [1.54, 1.807) is 20.8 Å². The van der Waals surface area contributed by atoms with Gasteiger partial charge in [-0.3, -0.25) is 14.4 Å². The van der Waals surface area contributed by atoms with Crippen molar-refractivity contribution in [2.24, 2.45) is 11.8 Å². The highest BCUT2D eigenvalue weighted by atomic mass is 35.5. The second-order valence-corrected chi connectivity index (χ2v) is 32.3. The number of esters is 2. The fourth-order valence-electron chi connectivity index (χ4n) is 13.1. The third-order valence-electron chi connectivity index (χ3n) is 20.9. The SMILES string of the molecule is C=CC[C@@H](COCc1ccccc1)[C@@H](CC)OC1CCCCO1.C=CC[C@@H](COCc1ccccc1)[C@H](O)CC.CCOC(=O)[C@@H](O)[C@H](O)C(C)=O.CCOC(=O)[C@H]1OC(OCC)O[C@@H]1C(C)=O.CCOC1O[C@H](CC)[C@@H](COCc2ccccc2)O1.CCOC1O[C@H](CO)[C@@H](CO)O1.CC[C@H](Cl)[C@@H](COCc1ccccc1)OC=O.CC[C@H]1O[C@@H]1COCc1ccccc1.O=C(O)[C@@H](O)[C@H](O)C(=O)O. The maximum absolute atomic E-state index is 11.5. The second-order valence-electron chi connectivity index (χ2n) is 31.7. The molecule has 0 aromatic heterocycles. The van der Waals surface area contributed by atoms with Crippen LogP contribution < -0.4 is 0 Å². The number of aliphatic hydroxyl groups is 7. The largest absolute Gasteiger partial charge is 0.479 e. The molecule has 5 aliphatic rings. The summed E-state index contributed by atoms with van der Waals surface area (Å²) in [7, 11) is 0. The Balaban J connectivity index is 0.000000538. The molecular weight excluding hydrogens is 1850 g/mol. The predicted octanol–water partition coefficient (Wildman–Crippen LogP) is 11.8. The van der Waals surface area contributed by atoms with E-state index in [9.17, 15) is 38.7 Å². The van der Waals surface area contributed by atoms with Crippen molar-refractivity contribution in [3.05, 3.63) is 205 Å². The van der Waals surface area contributed by atoms with Crippen molar-refractivity contribution in [2.75, 3.05) is 85.9 Å². The summed E-state index contributed by atoms with van der Waals surface area (Å²) in [6.07, 6.45) is 2.57. The van der Waals surface area contributed by atoms with E-state index in [1.807, 2.05) is 167 Å². The van der Waals surface area contributed by atoms with Gasteiger partial charge in [0.2, 0.25) is 0 Å². The van der Waals surface area contributed by atoms with Crippen LogP contribution in [0.1, 0.15) is 175 Å². The number of benzene rings is 5. The number of carbonyl (C=O) groups is 7. The van der Waals surface area contributed by atoms with Gasteiger partial charge in [-0.25, -0.2) is 19.2 Å². The number of Topliss-reactive ketones (excluding diaryl/α,β-unsaturated/α-hetero) is 2. The number of hydrogen-bond donors (Lipinski definition) is 9. The minimum Gasteiger partial charge on any atom is -0.479 e. The van der Waals surface area contributed by atoms with Crippen LogP contribution in [-0.4, -0.2) is 296 Å². The van der Waals surface area contributed by atoms with Gasteiger partial charge in [-0.1, -0.05) is 198 Å². The number of epoxide rings is 1. The van der Waals surface area contributed by atoms with Crippen LogP contribution in [0.5, 0.6) is 0 Å². The first-order valence-electron chi connectivity index (χ1n) is 47.6. The zero-order valence-corrected chi connectivity index (χ0v) is 83.8. The first-order chi connectivity index (χ1) is 67.5. The number of hydrogen-bond acceptors (Lipinski definition) is 34. The average molecular weight is 2000 g/mol. The van der Waals surface area contributed by atoms with E-state index in [-0.39, 0.29) is 80.3 Å². The smallest absolute Gasteiger partial charge is 0.338 e. The number of allylic oxidation sites excluding steroid dienone is 2. The van der Waals surface area contributed by atoms with Crippen LogP contribution in [0.2, 0.25) is 0 Å². The molecule has 9 N–H and O–H groups in total. The Morgan fingerprint density at radius 1 is 0.436 bits per heavy atom. The molecule has 10 rings (SSSR count). The second kappa shape index (κ2) is 79.0. The summed E-state index contributed by atoms with van der Waals surface area (Å²) in [6, 6.07) is 50.5. The van der Waals surface area contributed by atoms with E-state index in [2.05, 4.69) is 62.9 Å². The summed E-state index contributed by atoms with van der Waals surface area (Å²) in [4.78, 5) is 73.8. The Morgan fingerprint density at radius 2 is 0.821 bits per heavy atom. The van der Waals surface area contributed by atoms with Crippen LogP contribution in [-0.2, 0) is 161 Å². The Labute approximate surface area is 829 Å². The fourth-order valence-corrected chi connectivity index (χ4v) is 13.2. The van der Waals surface area contributed by atoms with Crippen LogP contribution >= 0.6 is 11.6 Å². The summed E-state index contributed by atoms with van der Waals surface area (Å²) in [5, 5.41) is 77.5. The van der Waals surface area contributed by atoms with Crippen LogP contribution in [0.3, 0.4) is 0 Å². The Bertz CT molecular complexity index is 3880. The molecule has 5 fully saturated rings. The van der Waals surface area contributed by atoms with E-state index in [4.69, 9.17) is 142 Å². The van der Waals surface area contributed by atoms with E-state index in [0.29, 0.717) is 104 Å². The summed E-state index contributed by atoms with van der Waals surface area (Å²) < 4.78 is 107. The molecule has 0 aliphatic carbocycles. The van der Waals surface area contributed by atoms with Crippen LogP contribution in [0.4, 0.5) is 0 Å². The third-order valence-corrected chi connectivity index (χ3v) is 21.5. The van der Waals surface area contributed by atoms with Crippen molar-refractivity contribution >= 4 is 53.5 Å². The van der Waals surface area contributed by atoms with Crippen molar-refractivity contribution in [3.8, 4) is 0 Å². The summed E-state index contributed by atoms with van der Waals surface area (Å²) >= 11 is 6.03. The molecule has 140 heavy (non-hydrogen) atoms. The van der Waals surface area contributed by atoms with Gasteiger partial charge in [0.05, 0.1) is 122 Å². The lowest BCUT2D eigenvalue weighted by Crippen LogP contribution is -2.39. The molecule has 0 radical (unpaired) electrons. The van der Waals surface area contributed by atoms with Gasteiger partial charge < -0.3 is 141 Å². The first-order valence-corrected chi connectivity index (χ1v) is 48.1. The van der Waals surface area contributed by atoms with Gasteiger partial charge >= 0.3 is 23.9 Å². The molecule has 790 valence electrons. The standard InChI is InChI=1S/C20H30O3.C15H22O4.C15H22O2.C13H17ClO3.C12H16O2.C10H16O6.C7H14O5.C7H12O5.C4H6O6/c1-3-10-18(16-21-15-17-11-6-5-7-12-17)19(4-2)23-20-13-8-9-14-22-20;1-3-13-14(19-15(18-13)17-4-2)11-16-10-12-8-6-5-7-9-12;1-3-8-14(15(16)4-2)12-17-11-13-9-6-5-7-10-13;1-2-12(14)13(17-10-15)9-16-8-11-6-4-3-5-7-11;1-2-11-12(14-11)9-13-8-10-6-4-3-5-7-10;1-4-13-9(12)8-7(6(3)11)15-10(16-8)14-5-2;1-2-10-7-11-5(3-8)6(4-9)12-7;1-3-12-7(11)6(10)5(9)4(2)8;5-1(3(7)8)2(6)4(9)10/h3,5-7,11-12,18-20H,1,4,8-10,13-16H2,2H3;5-9,13-15H,3-4,10-11H2,1-2H3;3,5-7,9-10,14-16H,1,4,8,11-12H2,2H3;3-7,10,12-13H,2,8-9H2,1H3;3-7,11-12H,2,8-9H2,1H3;7-8,10H,4-5H2,1-3H3;5-9H,2-4H2,1H3;5-6,9-10H,3H2,1-2H3;1-2,5-6H,(H,7,8)(H,9,10)/t18-,19+,20?;13-,14-,15?;14-,15+;12-,13+;11-,12-;7-,8+,10?;5-,6-;5-,6+;1-,2-/m010011110/s1. The molecule has 5 saturated heterocycles. The molecule has 21 atom stereocenters. The number of alkyl halides is 1. The van der Waals surface area contributed by atoms with Gasteiger partial charge in [0.15, 0.2) is 48.4 Å². The normalized spacial score (nSPS) is 21.4. The summed E-state index contributed by atoms with van der Waals surface area (Å²) in [5.74, 6) is -5.61. The molecule has 3 unspecified atom stereocenters. The topological polar surface area (TPSA) is 489 Å². The number of carbonyl (C=O) groups excluding carboxylic acids is 5. The molecule has 5 aromatic rings. The number of aliphatic carboxylic acids is 2. The number of rotatable bonds is 54. The van der Waals surface area contributed by atoms with Crippen LogP contribution in [0, 0.1) is 11.8 Å². The minimum atomic E-state index is -2.27. The molecule has 36 nitrogen and oxygen atoms in total. The summed E-state index contributed by atoms with van der Waals surface area (Å²) in [5.41, 5.74) is 5.84. The number of carboxylic acids is 2. The number of aliphatic hydroxyl groups excluding tert-OH is 7. The zero-order valence-electron chi connectivity index (χ0n) is 83.0. The highest BCUT2D eigenvalue weighted by Gasteiger charge is 2.46. The molecular formula is C103H155ClO36. The first kappa shape index (κ1) is 128. The highest BCUT2D eigenvalue weighted by molar-refractivity contribution is 6.21. The molecule has 0 bridgehead atoms. The van der Waals surface area contributed by atoms with Crippen molar-refractivity contribution < 1.29 is 174 Å². The minimum absolute atomic E-state index is 0.0462. The number of ether oxygens (including phenoxy) is 20. The number of carboxylic acid groups (broad SMARTS) is 2. The van der Waals surface area contributed by atoms with Crippen molar-refractivity contribution in [3.63, 3.8) is 0 Å². The van der Waals surface area contributed by atoms with Crippen LogP contribution in [0.15, 0.2) is 177 Å². The Hall–Kier alpha value is -8.40. The van der Waals surface area contributed by atoms with E-state index >= 15 is 0 Å². The maximum Gasteiger partial charge on any atom is 0.338 e. The lowest BCUT2D eigenvalue weighted by atomic mass is 9.97. The number of halogens is 1. The quantitative estimate of drug-likeness (QED) is 0.00436. The molecule has 0 amide bonds. The van der Waals surface area contributed by atoms with Gasteiger partial charge in [0, 0.05) is 38.3 Å². The monoisotopic (exact) mass is 2000 g/mol. The van der Waals surface area contributed by atoms with E-state index in [0.717, 1.165) is 94.6 Å². The lowest BCUT2D eigenvalue weighted by Gasteiger charge is -2.31. The molecule has 5 aromatic carbocycles. The van der Waals surface area contributed by atoms with Gasteiger partial charge in [-0.15, -0.1) is 24.8 Å². The van der Waals surface area contributed by atoms with E-state index in [1.165, 1.54) is 24.5 Å². The highest BCUT2D eigenvalue weighted by Crippen LogP contribution is 2.29. The van der Waals surface area contributed by atoms with Gasteiger partial charge in [0.25, 0.3) is 25.9 Å². The Kier molecular flexibility index (Phi) is 72.1. The van der Waals surface area contributed by atoms with Crippen molar-refractivity contribution in [2.45, 2.75) is 303 Å². The summed E-state index contributed by atoms with van der Waals surface area (Å²) in [6.45, 7) is 35.3. The molecule has 5 heterocycles. The third kappa shape index (κ3) is 54.9. The zero-order chi connectivity index (χ0) is 104. The van der Waals surface area contributed by atoms with E-state index < -0.39 is 97.9 Å². The fraction of sp³-hybridized carbons (Fsp3) is 0.602. The Morgan fingerprint density at radius 3 is 1.17 bits per heavy atom. The molecule has 0 spiro atoms. The maximum atomic E-state index is 11.5. The molecule has 0 saturated carbocycles. The van der Waals surface area contributed by atoms with Crippen molar-refractivity contribution in [1.29, 1.82) is 0 Å². The molecule has 5 aliphatic heterocycles. The van der Waals surface area contributed by atoms with Gasteiger partial charge in [-0.2, -0.15) is 0 Å². The predicted molar refractivity (Wildman–Crippen MR) is 516 cm³/mol. The molecule has 37 heteroatoms. The van der Waals surface area contributed by atoms with Crippen molar-refractivity contribution in [1.82, 2.24) is 0 Å². The van der Waals surface area contributed by atoms with Gasteiger partial charge in [-0.05, 0) is 140 Å². The van der Waals surface area contributed by atoms with Crippen LogP contribution in [0.25, 0.3) is 0 Å². The lowest BCUT2D eigenvalue weighted by molar-refractivity contribution is -0.242.